The minimum absolute atomic E-state index is 0.0541. The number of halogens is 1. The molecular formula is C25H27ClN4O2. The van der Waals surface area contributed by atoms with Crippen molar-refractivity contribution in [1.29, 1.82) is 0 Å². The van der Waals surface area contributed by atoms with E-state index < -0.39 is 0 Å². The third kappa shape index (κ3) is 5.19. The number of aromatic nitrogens is 2. The predicted molar refractivity (Wildman–Crippen MR) is 128 cm³/mol. The summed E-state index contributed by atoms with van der Waals surface area (Å²) in [7, 11) is 0. The first-order chi connectivity index (χ1) is 15.5. The lowest BCUT2D eigenvalue weighted by Gasteiger charge is -2.18. The average Bonchev–Trinajstić information content (AvgIpc) is 3.61. The second kappa shape index (κ2) is 9.57. The van der Waals surface area contributed by atoms with Crippen molar-refractivity contribution in [2.45, 2.75) is 38.1 Å². The summed E-state index contributed by atoms with van der Waals surface area (Å²) >= 11 is 6.09. The van der Waals surface area contributed by atoms with E-state index >= 15 is 0 Å². The van der Waals surface area contributed by atoms with Gasteiger partial charge in [0.1, 0.15) is 6.54 Å². The summed E-state index contributed by atoms with van der Waals surface area (Å²) in [6.45, 7) is 2.72. The van der Waals surface area contributed by atoms with Gasteiger partial charge in [-0.15, -0.1) is 0 Å². The maximum atomic E-state index is 13.0. The lowest BCUT2D eigenvalue weighted by Crippen LogP contribution is -2.36. The number of hydrogen-bond acceptors (Lipinski definition) is 4. The topological polar surface area (TPSA) is 76.0 Å². The number of amides is 1. The van der Waals surface area contributed by atoms with Crippen LogP contribution < -0.4 is 16.2 Å². The number of carbonyl (C=O) groups excluding carboxylic acids is 1. The van der Waals surface area contributed by atoms with E-state index in [-0.39, 0.29) is 29.2 Å². The zero-order chi connectivity index (χ0) is 22.6. The van der Waals surface area contributed by atoms with Gasteiger partial charge in [0.2, 0.25) is 5.91 Å². The van der Waals surface area contributed by atoms with E-state index in [9.17, 15) is 9.59 Å². The summed E-state index contributed by atoms with van der Waals surface area (Å²) in [6.07, 6.45) is 12.2. The Morgan fingerprint density at radius 2 is 2.03 bits per heavy atom. The molecule has 0 atom stereocenters. The molecular weight excluding hydrogens is 424 g/mol. The normalized spacial score (nSPS) is 16.6. The fraction of sp³-hybridized carbons (Fsp3) is 0.320. The minimum Gasteiger partial charge on any atom is -0.365 e. The maximum absolute atomic E-state index is 13.0. The van der Waals surface area contributed by atoms with E-state index in [1.807, 2.05) is 42.5 Å². The first-order valence-corrected chi connectivity index (χ1v) is 11.2. The molecule has 1 fully saturated rings. The fourth-order valence-corrected chi connectivity index (χ4v) is 4.09. The van der Waals surface area contributed by atoms with Crippen LogP contribution in [0, 0.1) is 6.92 Å². The molecule has 2 aromatic rings. The molecule has 6 nitrogen and oxygen atoms in total. The molecule has 2 aliphatic rings. The molecule has 32 heavy (non-hydrogen) atoms. The summed E-state index contributed by atoms with van der Waals surface area (Å²) < 4.78 is 1.46. The van der Waals surface area contributed by atoms with Gasteiger partial charge in [-0.05, 0) is 49.5 Å². The molecule has 7 heteroatoms. The van der Waals surface area contributed by atoms with Crippen LogP contribution in [0.4, 0.5) is 5.82 Å². The molecule has 0 unspecified atom stereocenters. The van der Waals surface area contributed by atoms with Crippen LogP contribution in [0.2, 0.25) is 0 Å². The zero-order valence-corrected chi connectivity index (χ0v) is 18.9. The number of nitrogens with zero attached hydrogens (tertiary/aromatic N) is 2. The highest BCUT2D eigenvalue weighted by Crippen LogP contribution is 2.47. The lowest BCUT2D eigenvalue weighted by molar-refractivity contribution is -0.121. The number of rotatable bonds is 8. The van der Waals surface area contributed by atoms with Crippen LogP contribution in [0.25, 0.3) is 0 Å². The largest absolute Gasteiger partial charge is 0.365 e. The Bertz CT molecular complexity index is 1140. The third-order valence-electron chi connectivity index (χ3n) is 6.00. The number of carbonyl (C=O) groups is 1. The van der Waals surface area contributed by atoms with Gasteiger partial charge in [-0.25, -0.2) is 4.98 Å². The van der Waals surface area contributed by atoms with E-state index in [2.05, 4.69) is 27.8 Å². The van der Waals surface area contributed by atoms with Crippen LogP contribution in [-0.2, 0) is 16.8 Å². The van der Waals surface area contributed by atoms with Crippen LogP contribution in [0.15, 0.2) is 76.2 Å². The van der Waals surface area contributed by atoms with Crippen LogP contribution in [0.1, 0.15) is 30.5 Å². The van der Waals surface area contributed by atoms with Crippen molar-refractivity contribution in [1.82, 2.24) is 14.9 Å². The summed E-state index contributed by atoms with van der Waals surface area (Å²) in [6, 6.07) is 10.3. The molecule has 1 amide bonds. The summed E-state index contributed by atoms with van der Waals surface area (Å²) in [5.41, 5.74) is 2.62. The van der Waals surface area contributed by atoms with Gasteiger partial charge in [0.25, 0.3) is 5.56 Å². The SMILES string of the molecule is Cc1cnc(NCC2(c3ccccc3)CC2)c(=O)n1CC(=O)NCC1=CCC=CC(Cl)=C1. The number of benzene rings is 1. The zero-order valence-electron chi connectivity index (χ0n) is 18.1. The van der Waals surface area contributed by atoms with Crippen molar-refractivity contribution in [3.05, 3.63) is 93.0 Å². The van der Waals surface area contributed by atoms with Gasteiger partial charge in [0.15, 0.2) is 5.82 Å². The van der Waals surface area contributed by atoms with E-state index in [1.54, 1.807) is 13.1 Å². The van der Waals surface area contributed by atoms with E-state index in [1.165, 1.54) is 10.1 Å². The Morgan fingerprint density at radius 1 is 1.25 bits per heavy atom. The summed E-state index contributed by atoms with van der Waals surface area (Å²) in [5, 5.41) is 6.74. The highest BCUT2D eigenvalue weighted by molar-refractivity contribution is 6.31. The standard InChI is InChI=1S/C25H27ClN4O2/c1-18-14-28-23(29-17-25(11-12-25)20-8-3-2-4-9-20)24(32)30(18)16-22(31)27-15-19-7-5-6-10-21(26)13-19/h2-4,6-10,13-14H,5,11-12,15-17H2,1H3,(H,27,31)(H,28,29). The lowest BCUT2D eigenvalue weighted by atomic mass is 9.96. The van der Waals surface area contributed by atoms with Crippen molar-refractivity contribution in [2.75, 3.05) is 18.4 Å². The molecule has 0 radical (unpaired) electrons. The number of anilines is 1. The van der Waals surface area contributed by atoms with Crippen molar-refractivity contribution in [3.8, 4) is 0 Å². The fourth-order valence-electron chi connectivity index (χ4n) is 3.86. The molecule has 166 valence electrons. The van der Waals surface area contributed by atoms with Gasteiger partial charge in [-0.3, -0.25) is 14.2 Å². The Labute approximate surface area is 192 Å². The summed E-state index contributed by atoms with van der Waals surface area (Å²) in [5.74, 6) is 0.0378. The quantitative estimate of drug-likeness (QED) is 0.641. The molecule has 2 aliphatic carbocycles. The van der Waals surface area contributed by atoms with Crippen LogP contribution >= 0.6 is 11.6 Å². The molecule has 0 bridgehead atoms. The minimum atomic E-state index is -0.287. The smallest absolute Gasteiger partial charge is 0.293 e. The van der Waals surface area contributed by atoms with Crippen molar-refractivity contribution >= 4 is 23.3 Å². The Kier molecular flexibility index (Phi) is 6.61. The Morgan fingerprint density at radius 3 is 2.78 bits per heavy atom. The molecule has 1 aromatic heterocycles. The van der Waals surface area contributed by atoms with Crippen molar-refractivity contribution in [3.63, 3.8) is 0 Å². The van der Waals surface area contributed by atoms with Gasteiger partial charge in [-0.2, -0.15) is 0 Å². The van der Waals surface area contributed by atoms with Crippen molar-refractivity contribution < 1.29 is 4.79 Å². The van der Waals surface area contributed by atoms with Crippen molar-refractivity contribution in [2.24, 2.45) is 0 Å². The number of hydrogen-bond donors (Lipinski definition) is 2. The highest BCUT2D eigenvalue weighted by atomic mass is 35.5. The maximum Gasteiger partial charge on any atom is 0.293 e. The van der Waals surface area contributed by atoms with Gasteiger partial charge in [0.05, 0.1) is 0 Å². The molecule has 4 rings (SSSR count). The second-order valence-corrected chi connectivity index (χ2v) is 8.80. The van der Waals surface area contributed by atoms with Crippen LogP contribution in [0.5, 0.6) is 0 Å². The molecule has 0 aliphatic heterocycles. The Hall–Kier alpha value is -3.12. The Balaban J connectivity index is 1.40. The molecule has 0 saturated heterocycles. The van der Waals surface area contributed by atoms with E-state index in [4.69, 9.17) is 11.6 Å². The molecule has 0 spiro atoms. The van der Waals surface area contributed by atoms with Gasteiger partial charge < -0.3 is 10.6 Å². The van der Waals surface area contributed by atoms with Crippen LogP contribution in [0.3, 0.4) is 0 Å². The predicted octanol–water partition coefficient (Wildman–Crippen LogP) is 3.82. The van der Waals surface area contributed by atoms with Gasteiger partial charge in [-0.1, -0.05) is 54.1 Å². The molecule has 2 N–H and O–H groups in total. The monoisotopic (exact) mass is 450 g/mol. The first-order valence-electron chi connectivity index (χ1n) is 10.8. The van der Waals surface area contributed by atoms with E-state index in [0.717, 1.165) is 24.8 Å². The third-order valence-corrected chi connectivity index (χ3v) is 6.23. The molecule has 1 aromatic carbocycles. The molecule has 1 saturated carbocycles. The second-order valence-electron chi connectivity index (χ2n) is 8.36. The van der Waals surface area contributed by atoms with Gasteiger partial charge in [0, 0.05) is 35.4 Å². The summed E-state index contributed by atoms with van der Waals surface area (Å²) in [4.78, 5) is 29.8. The number of allylic oxidation sites excluding steroid dienone is 4. The first kappa shape index (κ1) is 22.1. The molecule has 1 heterocycles. The van der Waals surface area contributed by atoms with Crippen LogP contribution in [-0.4, -0.2) is 28.5 Å². The van der Waals surface area contributed by atoms with E-state index in [0.29, 0.717) is 23.8 Å². The number of nitrogens with one attached hydrogen (secondary N) is 2. The number of aryl methyl sites for hydroxylation is 1. The average molecular weight is 451 g/mol. The highest BCUT2D eigenvalue weighted by Gasteiger charge is 2.44. The van der Waals surface area contributed by atoms with Gasteiger partial charge >= 0.3 is 0 Å².